The Morgan fingerprint density at radius 2 is 2.23 bits per heavy atom. The van der Waals surface area contributed by atoms with Gasteiger partial charge in [-0.3, -0.25) is 0 Å². The van der Waals surface area contributed by atoms with Crippen LogP contribution in [0.1, 0.15) is 30.9 Å². The lowest BCUT2D eigenvalue weighted by Crippen LogP contribution is -1.96. The van der Waals surface area contributed by atoms with Gasteiger partial charge in [0.25, 0.3) is 0 Å². The van der Waals surface area contributed by atoms with Gasteiger partial charge in [-0.2, -0.15) is 0 Å². The van der Waals surface area contributed by atoms with E-state index in [2.05, 4.69) is 0 Å². The summed E-state index contributed by atoms with van der Waals surface area (Å²) in [6, 6.07) is 1.77. The Labute approximate surface area is 91.3 Å². The van der Waals surface area contributed by atoms with Crippen LogP contribution < -0.4 is 0 Å². The fourth-order valence-corrected chi connectivity index (χ4v) is 2.94. The molecular formula is C9H10Cl2OS. The second kappa shape index (κ2) is 3.77. The third-order valence-corrected chi connectivity index (χ3v) is 3.81. The molecule has 1 N–H and O–H groups in total. The van der Waals surface area contributed by atoms with Crippen molar-refractivity contribution in [1.29, 1.82) is 0 Å². The Bertz CT molecular complexity index is 307. The van der Waals surface area contributed by atoms with Crippen LogP contribution in [0.4, 0.5) is 0 Å². The maximum atomic E-state index is 9.79. The van der Waals surface area contributed by atoms with Crippen molar-refractivity contribution in [1.82, 2.24) is 0 Å². The first-order valence-corrected chi connectivity index (χ1v) is 5.87. The third-order valence-electron chi connectivity index (χ3n) is 2.30. The van der Waals surface area contributed by atoms with Crippen LogP contribution >= 0.6 is 34.5 Å². The molecule has 2 rings (SSSR count). The van der Waals surface area contributed by atoms with Crippen molar-refractivity contribution in [2.24, 2.45) is 5.92 Å². The fourth-order valence-electron chi connectivity index (χ4n) is 1.38. The molecule has 1 atom stereocenters. The van der Waals surface area contributed by atoms with Gasteiger partial charge in [0.15, 0.2) is 0 Å². The van der Waals surface area contributed by atoms with E-state index in [-0.39, 0.29) is 0 Å². The highest BCUT2D eigenvalue weighted by Crippen LogP contribution is 2.42. The predicted molar refractivity (Wildman–Crippen MR) is 56.6 cm³/mol. The molecule has 4 heteroatoms. The van der Waals surface area contributed by atoms with Gasteiger partial charge in [-0.1, -0.05) is 36.0 Å². The van der Waals surface area contributed by atoms with E-state index < -0.39 is 6.10 Å². The zero-order chi connectivity index (χ0) is 9.42. The summed E-state index contributed by atoms with van der Waals surface area (Å²) in [5, 5.41) is 9.79. The molecule has 0 bridgehead atoms. The molecule has 1 aliphatic rings. The summed E-state index contributed by atoms with van der Waals surface area (Å²) >= 11 is 13.0. The molecule has 0 spiro atoms. The van der Waals surface area contributed by atoms with E-state index in [1.807, 2.05) is 0 Å². The number of aliphatic hydroxyl groups is 1. The van der Waals surface area contributed by atoms with Crippen LogP contribution in [-0.2, 0) is 0 Å². The van der Waals surface area contributed by atoms with E-state index in [1.165, 1.54) is 24.2 Å². The minimum atomic E-state index is -0.427. The highest BCUT2D eigenvalue weighted by Gasteiger charge is 2.26. The molecule has 1 fully saturated rings. The zero-order valence-electron chi connectivity index (χ0n) is 6.96. The summed E-state index contributed by atoms with van der Waals surface area (Å²) < 4.78 is 1.27. The van der Waals surface area contributed by atoms with Gasteiger partial charge in [0, 0.05) is 5.56 Å². The van der Waals surface area contributed by atoms with Crippen molar-refractivity contribution >= 4 is 34.5 Å². The van der Waals surface area contributed by atoms with Gasteiger partial charge in [-0.25, -0.2) is 0 Å². The van der Waals surface area contributed by atoms with E-state index in [9.17, 15) is 5.11 Å². The summed E-state index contributed by atoms with van der Waals surface area (Å²) in [5.41, 5.74) is 0.795. The Balaban J connectivity index is 2.08. The first kappa shape index (κ1) is 9.78. The van der Waals surface area contributed by atoms with Crippen molar-refractivity contribution in [3.05, 3.63) is 20.3 Å². The van der Waals surface area contributed by atoms with Gasteiger partial charge in [-0.05, 0) is 18.4 Å². The number of hydrogen-bond acceptors (Lipinski definition) is 2. The van der Waals surface area contributed by atoms with Crippen LogP contribution in [0, 0.1) is 5.92 Å². The molecule has 0 amide bonds. The lowest BCUT2D eigenvalue weighted by molar-refractivity contribution is 0.161. The van der Waals surface area contributed by atoms with Crippen molar-refractivity contribution in [2.75, 3.05) is 0 Å². The molecule has 1 unspecified atom stereocenters. The topological polar surface area (TPSA) is 20.2 Å². The molecule has 1 nitrogen and oxygen atoms in total. The average molecular weight is 237 g/mol. The highest BCUT2D eigenvalue weighted by molar-refractivity contribution is 7.20. The van der Waals surface area contributed by atoms with Gasteiger partial charge >= 0.3 is 0 Å². The summed E-state index contributed by atoms with van der Waals surface area (Å²) in [7, 11) is 0. The fraction of sp³-hybridized carbons (Fsp3) is 0.556. The first-order chi connectivity index (χ1) is 6.16. The number of thiophene rings is 1. The van der Waals surface area contributed by atoms with Gasteiger partial charge in [-0.15, -0.1) is 11.3 Å². The minimum Gasteiger partial charge on any atom is -0.388 e. The highest BCUT2D eigenvalue weighted by atomic mass is 35.5. The van der Waals surface area contributed by atoms with Gasteiger partial charge in [0.05, 0.1) is 10.4 Å². The van der Waals surface area contributed by atoms with Gasteiger partial charge < -0.3 is 5.11 Å². The van der Waals surface area contributed by atoms with E-state index in [1.54, 1.807) is 6.07 Å². The van der Waals surface area contributed by atoms with E-state index in [4.69, 9.17) is 23.2 Å². The van der Waals surface area contributed by atoms with Crippen molar-refractivity contribution < 1.29 is 5.11 Å². The van der Waals surface area contributed by atoms with Crippen molar-refractivity contribution in [2.45, 2.75) is 25.4 Å². The number of rotatable bonds is 3. The first-order valence-electron chi connectivity index (χ1n) is 4.29. The predicted octanol–water partition coefficient (Wildman–Crippen LogP) is 3.89. The van der Waals surface area contributed by atoms with Crippen LogP contribution in [0.15, 0.2) is 6.07 Å². The van der Waals surface area contributed by atoms with Gasteiger partial charge in [0.1, 0.15) is 4.34 Å². The molecular weight excluding hydrogens is 227 g/mol. The SMILES string of the molecule is OC(CC1CC1)c1cc(Cl)sc1Cl. The summed E-state index contributed by atoms with van der Waals surface area (Å²) in [5.74, 6) is 0.699. The summed E-state index contributed by atoms with van der Waals surface area (Å²) in [4.78, 5) is 0. The monoisotopic (exact) mass is 236 g/mol. The molecule has 0 aliphatic heterocycles. The quantitative estimate of drug-likeness (QED) is 0.845. The average Bonchev–Trinajstić information content (AvgIpc) is 2.77. The van der Waals surface area contributed by atoms with Gasteiger partial charge in [0.2, 0.25) is 0 Å². The lowest BCUT2D eigenvalue weighted by atomic mass is 10.1. The van der Waals surface area contributed by atoms with E-state index in [0.29, 0.717) is 14.6 Å². The summed E-state index contributed by atoms with van der Waals surface area (Å²) in [6.45, 7) is 0. The van der Waals surface area contributed by atoms with E-state index >= 15 is 0 Å². The Morgan fingerprint density at radius 1 is 1.54 bits per heavy atom. The van der Waals surface area contributed by atoms with E-state index in [0.717, 1.165) is 12.0 Å². The lowest BCUT2D eigenvalue weighted by Gasteiger charge is -2.07. The van der Waals surface area contributed by atoms with Crippen LogP contribution in [0.2, 0.25) is 8.67 Å². The van der Waals surface area contributed by atoms with Crippen LogP contribution in [0.5, 0.6) is 0 Å². The largest absolute Gasteiger partial charge is 0.388 e. The number of hydrogen-bond donors (Lipinski definition) is 1. The molecule has 0 saturated heterocycles. The molecule has 72 valence electrons. The van der Waals surface area contributed by atoms with Crippen molar-refractivity contribution in [3.63, 3.8) is 0 Å². The molecule has 1 aromatic rings. The normalized spacial score (nSPS) is 19.0. The minimum absolute atomic E-state index is 0.427. The zero-order valence-corrected chi connectivity index (χ0v) is 9.29. The summed E-state index contributed by atoms with van der Waals surface area (Å²) in [6.07, 6.45) is 2.88. The number of aliphatic hydroxyl groups excluding tert-OH is 1. The molecule has 13 heavy (non-hydrogen) atoms. The molecule has 0 aromatic carbocycles. The van der Waals surface area contributed by atoms with Crippen LogP contribution in [-0.4, -0.2) is 5.11 Å². The second-order valence-electron chi connectivity index (χ2n) is 3.47. The smallest absolute Gasteiger partial charge is 0.100 e. The maximum absolute atomic E-state index is 9.79. The molecule has 0 radical (unpaired) electrons. The van der Waals surface area contributed by atoms with Crippen LogP contribution in [0.3, 0.4) is 0 Å². The molecule has 1 saturated carbocycles. The molecule has 1 aromatic heterocycles. The van der Waals surface area contributed by atoms with Crippen molar-refractivity contribution in [3.8, 4) is 0 Å². The Kier molecular flexibility index (Phi) is 2.84. The standard InChI is InChI=1S/C9H10Cl2OS/c10-8-4-6(9(11)13-8)7(12)3-5-1-2-5/h4-5,7,12H,1-3H2. The Hall–Kier alpha value is 0.240. The third kappa shape index (κ3) is 2.38. The van der Waals surface area contributed by atoms with Crippen LogP contribution in [0.25, 0.3) is 0 Å². The molecule has 1 aliphatic carbocycles. The number of halogens is 2. The second-order valence-corrected chi connectivity index (χ2v) is 5.76. The molecule has 1 heterocycles. The maximum Gasteiger partial charge on any atom is 0.100 e. The Morgan fingerprint density at radius 3 is 2.69 bits per heavy atom.